The fourth-order valence-corrected chi connectivity index (χ4v) is 4.42. The second kappa shape index (κ2) is 8.11. The molecule has 4 rings (SSSR count). The van der Waals surface area contributed by atoms with Crippen molar-refractivity contribution in [1.82, 2.24) is 9.88 Å². The summed E-state index contributed by atoms with van der Waals surface area (Å²) in [6.07, 6.45) is 7.91. The molecular weight excluding hydrogens is 357 g/mol. The van der Waals surface area contributed by atoms with Crippen LogP contribution in [0.3, 0.4) is 0 Å². The van der Waals surface area contributed by atoms with Crippen LogP contribution >= 0.6 is 37.2 Å². The number of ether oxygens (including phenoxy) is 1. The van der Waals surface area contributed by atoms with E-state index in [0.717, 1.165) is 18.2 Å². The number of piperidine rings is 1. The number of pyridine rings is 1. The van der Waals surface area contributed by atoms with Crippen LogP contribution < -0.4 is 9.64 Å². The Hall–Kier alpha value is -0.420. The Morgan fingerprint density at radius 3 is 2.74 bits per heavy atom. The average molecular weight is 383 g/mol. The summed E-state index contributed by atoms with van der Waals surface area (Å²) in [5.74, 6) is 1.85. The van der Waals surface area contributed by atoms with Crippen molar-refractivity contribution < 1.29 is 4.74 Å². The van der Waals surface area contributed by atoms with Crippen LogP contribution in [0.4, 0.5) is 5.69 Å². The van der Waals surface area contributed by atoms with Crippen molar-refractivity contribution in [3.8, 4) is 5.75 Å². The lowest BCUT2D eigenvalue weighted by Gasteiger charge is -2.36. The number of hydrogen-bond acceptors (Lipinski definition) is 4. The smallest absolute Gasteiger partial charge is 0.139 e. The monoisotopic (exact) mass is 381 g/mol. The van der Waals surface area contributed by atoms with Crippen LogP contribution in [0.15, 0.2) is 18.5 Å². The summed E-state index contributed by atoms with van der Waals surface area (Å²) >= 11 is 0. The van der Waals surface area contributed by atoms with Gasteiger partial charge in [0.1, 0.15) is 5.75 Å². The molecule has 3 fully saturated rings. The molecule has 1 aromatic heterocycles. The normalized spacial score (nSPS) is 30.6. The van der Waals surface area contributed by atoms with Gasteiger partial charge < -0.3 is 9.64 Å². The van der Waals surface area contributed by atoms with Crippen molar-refractivity contribution in [2.24, 2.45) is 5.92 Å². The van der Waals surface area contributed by atoms with Gasteiger partial charge in [-0.1, -0.05) is 0 Å². The van der Waals surface area contributed by atoms with E-state index in [0.29, 0.717) is 12.1 Å². The molecule has 3 unspecified atom stereocenters. The summed E-state index contributed by atoms with van der Waals surface area (Å²) in [5.41, 5.74) is 1.68. The zero-order valence-corrected chi connectivity index (χ0v) is 15.9. The molecule has 0 saturated carbocycles. The van der Waals surface area contributed by atoms with Gasteiger partial charge >= 0.3 is 0 Å². The lowest BCUT2D eigenvalue weighted by Crippen LogP contribution is -2.46. The van der Waals surface area contributed by atoms with Crippen molar-refractivity contribution >= 4 is 42.9 Å². The first kappa shape index (κ1) is 20.6. The molecule has 2 bridgehead atoms. The minimum absolute atomic E-state index is 0. The molecule has 23 heavy (non-hydrogen) atoms. The van der Waals surface area contributed by atoms with E-state index in [4.69, 9.17) is 4.74 Å². The number of hydrogen-bond donors (Lipinski definition) is 0. The van der Waals surface area contributed by atoms with E-state index >= 15 is 0 Å². The van der Waals surface area contributed by atoms with Crippen molar-refractivity contribution in [1.29, 1.82) is 0 Å². The zero-order valence-electron chi connectivity index (χ0n) is 13.4. The highest BCUT2D eigenvalue weighted by Crippen LogP contribution is 2.46. The van der Waals surface area contributed by atoms with E-state index in [2.05, 4.69) is 20.9 Å². The third-order valence-corrected chi connectivity index (χ3v) is 5.33. The molecule has 1 aromatic rings. The Balaban J connectivity index is 0.000000882. The van der Waals surface area contributed by atoms with Crippen molar-refractivity contribution in [3.05, 3.63) is 18.5 Å². The molecule has 4 nitrogen and oxygen atoms in total. The van der Waals surface area contributed by atoms with Crippen molar-refractivity contribution in [2.45, 2.75) is 31.7 Å². The first-order valence-electron chi connectivity index (χ1n) is 7.87. The lowest BCUT2D eigenvalue weighted by atomic mass is 9.87. The minimum atomic E-state index is 0. The molecule has 1 spiro atoms. The first-order chi connectivity index (χ1) is 9.79. The van der Waals surface area contributed by atoms with Crippen molar-refractivity contribution in [3.63, 3.8) is 0 Å². The maximum absolute atomic E-state index is 5.57. The van der Waals surface area contributed by atoms with Crippen LogP contribution in [-0.2, 0) is 0 Å². The number of rotatable bonds is 3. The number of fused-ring (bicyclic) bond motifs is 3. The molecule has 3 saturated heterocycles. The van der Waals surface area contributed by atoms with Gasteiger partial charge in [-0.3, -0.25) is 9.88 Å². The highest BCUT2D eigenvalue weighted by molar-refractivity contribution is 5.86. The SMILES string of the molecule is CCOc1cncc(N2CCC3(CC4CCN3C4)C2)c1.Cl.Cl.Cl. The maximum atomic E-state index is 5.57. The molecule has 0 amide bonds. The first-order valence-corrected chi connectivity index (χ1v) is 7.87. The number of aromatic nitrogens is 1. The van der Waals surface area contributed by atoms with E-state index in [9.17, 15) is 0 Å². The fourth-order valence-electron chi connectivity index (χ4n) is 4.42. The molecule has 0 aromatic carbocycles. The van der Waals surface area contributed by atoms with E-state index in [1.54, 1.807) is 6.20 Å². The van der Waals surface area contributed by atoms with E-state index in [1.165, 1.54) is 44.6 Å². The van der Waals surface area contributed by atoms with Gasteiger partial charge in [-0.2, -0.15) is 0 Å². The van der Waals surface area contributed by atoms with Gasteiger partial charge in [-0.05, 0) is 38.6 Å². The summed E-state index contributed by atoms with van der Waals surface area (Å²) in [7, 11) is 0. The second-order valence-electron chi connectivity index (χ2n) is 6.51. The van der Waals surface area contributed by atoms with Gasteiger partial charge in [0.2, 0.25) is 0 Å². The van der Waals surface area contributed by atoms with Crippen LogP contribution in [0, 0.1) is 5.92 Å². The van der Waals surface area contributed by atoms with Gasteiger partial charge in [0.25, 0.3) is 0 Å². The topological polar surface area (TPSA) is 28.6 Å². The van der Waals surface area contributed by atoms with Gasteiger partial charge in [0.15, 0.2) is 0 Å². The van der Waals surface area contributed by atoms with E-state index in [1.807, 2.05) is 13.1 Å². The van der Waals surface area contributed by atoms with E-state index in [-0.39, 0.29) is 37.2 Å². The van der Waals surface area contributed by atoms with Crippen LogP contribution in [0.5, 0.6) is 5.75 Å². The lowest BCUT2D eigenvalue weighted by molar-refractivity contribution is 0.155. The number of anilines is 1. The Morgan fingerprint density at radius 2 is 2.09 bits per heavy atom. The fraction of sp³-hybridized carbons (Fsp3) is 0.688. The van der Waals surface area contributed by atoms with E-state index < -0.39 is 0 Å². The van der Waals surface area contributed by atoms with Crippen LogP contribution in [0.1, 0.15) is 26.2 Å². The molecule has 0 N–H and O–H groups in total. The molecule has 0 aliphatic carbocycles. The highest BCUT2D eigenvalue weighted by Gasteiger charge is 2.52. The zero-order chi connectivity index (χ0) is 13.6. The van der Waals surface area contributed by atoms with Gasteiger partial charge in [-0.15, -0.1) is 37.2 Å². The van der Waals surface area contributed by atoms with Gasteiger partial charge in [0, 0.05) is 31.2 Å². The second-order valence-corrected chi connectivity index (χ2v) is 6.51. The Bertz CT molecular complexity index is 519. The van der Waals surface area contributed by atoms with Crippen LogP contribution in [0.2, 0.25) is 0 Å². The Labute approximate surface area is 157 Å². The quantitative estimate of drug-likeness (QED) is 0.801. The Morgan fingerprint density at radius 1 is 1.26 bits per heavy atom. The summed E-state index contributed by atoms with van der Waals surface area (Å²) in [6.45, 7) is 7.69. The average Bonchev–Trinajstić information content (AvgIpc) is 3.16. The predicted octanol–water partition coefficient (Wildman–Crippen LogP) is 3.42. The summed E-state index contributed by atoms with van der Waals surface area (Å²) in [5, 5.41) is 0. The highest BCUT2D eigenvalue weighted by atomic mass is 35.5. The third-order valence-electron chi connectivity index (χ3n) is 5.33. The predicted molar refractivity (Wildman–Crippen MR) is 101 cm³/mol. The van der Waals surface area contributed by atoms with Crippen molar-refractivity contribution in [2.75, 3.05) is 37.7 Å². The molecule has 3 aliphatic heterocycles. The van der Waals surface area contributed by atoms with Gasteiger partial charge in [-0.25, -0.2) is 0 Å². The largest absolute Gasteiger partial charge is 0.492 e. The van der Waals surface area contributed by atoms with Crippen LogP contribution in [-0.4, -0.2) is 48.2 Å². The summed E-state index contributed by atoms with van der Waals surface area (Å²) in [4.78, 5) is 9.57. The minimum Gasteiger partial charge on any atom is -0.492 e. The maximum Gasteiger partial charge on any atom is 0.139 e. The molecule has 0 radical (unpaired) electrons. The molecule has 3 aliphatic rings. The Kier molecular flexibility index (Phi) is 7.27. The van der Waals surface area contributed by atoms with Gasteiger partial charge in [0.05, 0.1) is 24.7 Å². The third kappa shape index (κ3) is 3.65. The molecule has 3 atom stereocenters. The molecular formula is C16H26Cl3N3O. The molecule has 132 valence electrons. The summed E-state index contributed by atoms with van der Waals surface area (Å²) < 4.78 is 5.57. The number of nitrogens with zero attached hydrogens (tertiary/aromatic N) is 3. The standard InChI is InChI=1S/C16H23N3O.3ClH/c1-2-20-15-7-14(9-17-10-15)18-6-4-16(12-18)8-13-3-5-19(16)11-13;;;/h7,9-10,13H,2-6,8,11-12H2,1H3;3*1H. The number of halogens is 3. The summed E-state index contributed by atoms with van der Waals surface area (Å²) in [6, 6.07) is 2.14. The molecule has 4 heterocycles. The molecule has 7 heteroatoms. The van der Waals surface area contributed by atoms with Crippen LogP contribution in [0.25, 0.3) is 0 Å².